The molecule has 0 aliphatic heterocycles. The SMILES string of the molecule is CNc1cccc(-c2ccccc2C(N)=O)c1. The molecular weight excluding hydrogens is 212 g/mol. The summed E-state index contributed by atoms with van der Waals surface area (Å²) in [7, 11) is 1.86. The monoisotopic (exact) mass is 226 g/mol. The van der Waals surface area contributed by atoms with Crippen molar-refractivity contribution in [2.24, 2.45) is 5.73 Å². The van der Waals surface area contributed by atoms with Crippen LogP contribution in [0.25, 0.3) is 11.1 Å². The van der Waals surface area contributed by atoms with Gasteiger partial charge in [-0.2, -0.15) is 0 Å². The molecule has 2 rings (SSSR count). The molecule has 0 saturated carbocycles. The minimum absolute atomic E-state index is 0.407. The highest BCUT2D eigenvalue weighted by atomic mass is 16.1. The summed E-state index contributed by atoms with van der Waals surface area (Å²) in [4.78, 5) is 11.4. The van der Waals surface area contributed by atoms with E-state index in [9.17, 15) is 4.79 Å². The molecular formula is C14H14N2O. The molecule has 0 radical (unpaired) electrons. The summed E-state index contributed by atoms with van der Waals surface area (Å²) in [6.45, 7) is 0. The zero-order valence-electron chi connectivity index (χ0n) is 9.60. The van der Waals surface area contributed by atoms with Gasteiger partial charge in [0.2, 0.25) is 5.91 Å². The molecule has 3 heteroatoms. The van der Waals surface area contributed by atoms with E-state index in [4.69, 9.17) is 5.73 Å². The Hall–Kier alpha value is -2.29. The van der Waals surface area contributed by atoms with E-state index in [1.807, 2.05) is 49.5 Å². The molecule has 0 aliphatic rings. The topological polar surface area (TPSA) is 55.1 Å². The highest BCUT2D eigenvalue weighted by Gasteiger charge is 2.08. The summed E-state index contributed by atoms with van der Waals surface area (Å²) in [6, 6.07) is 15.2. The number of hydrogen-bond acceptors (Lipinski definition) is 2. The molecule has 0 aromatic heterocycles. The smallest absolute Gasteiger partial charge is 0.249 e. The first kappa shape index (κ1) is 11.2. The van der Waals surface area contributed by atoms with E-state index >= 15 is 0 Å². The molecule has 86 valence electrons. The quantitative estimate of drug-likeness (QED) is 0.844. The maximum absolute atomic E-state index is 11.4. The van der Waals surface area contributed by atoms with E-state index in [1.165, 1.54) is 0 Å². The van der Waals surface area contributed by atoms with Gasteiger partial charge in [-0.05, 0) is 29.3 Å². The van der Waals surface area contributed by atoms with E-state index in [-0.39, 0.29) is 0 Å². The van der Waals surface area contributed by atoms with Crippen molar-refractivity contribution in [3.63, 3.8) is 0 Å². The molecule has 2 aromatic carbocycles. The highest BCUT2D eigenvalue weighted by molar-refractivity contribution is 6.00. The molecule has 0 aliphatic carbocycles. The third-order valence-electron chi connectivity index (χ3n) is 2.65. The lowest BCUT2D eigenvalue weighted by atomic mass is 9.99. The van der Waals surface area contributed by atoms with Gasteiger partial charge in [-0.25, -0.2) is 0 Å². The Morgan fingerprint density at radius 1 is 1.12 bits per heavy atom. The Kier molecular flexibility index (Phi) is 3.10. The third kappa shape index (κ3) is 2.28. The van der Waals surface area contributed by atoms with E-state index in [1.54, 1.807) is 6.07 Å². The van der Waals surface area contributed by atoms with Crippen molar-refractivity contribution in [3.8, 4) is 11.1 Å². The number of amides is 1. The second kappa shape index (κ2) is 4.70. The number of benzene rings is 2. The number of hydrogen-bond donors (Lipinski definition) is 2. The van der Waals surface area contributed by atoms with Crippen molar-refractivity contribution in [1.82, 2.24) is 0 Å². The first-order valence-corrected chi connectivity index (χ1v) is 5.39. The van der Waals surface area contributed by atoms with Crippen molar-refractivity contribution in [2.45, 2.75) is 0 Å². The van der Waals surface area contributed by atoms with Gasteiger partial charge < -0.3 is 11.1 Å². The van der Waals surface area contributed by atoms with Crippen LogP contribution in [0, 0.1) is 0 Å². The number of primary amides is 1. The maximum Gasteiger partial charge on any atom is 0.249 e. The average Bonchev–Trinajstić information content (AvgIpc) is 2.39. The maximum atomic E-state index is 11.4. The van der Waals surface area contributed by atoms with Crippen molar-refractivity contribution < 1.29 is 4.79 Å². The molecule has 0 bridgehead atoms. The normalized spacial score (nSPS) is 9.94. The molecule has 0 fully saturated rings. The van der Waals surface area contributed by atoms with Crippen LogP contribution in [0.2, 0.25) is 0 Å². The molecule has 3 nitrogen and oxygen atoms in total. The van der Waals surface area contributed by atoms with Gasteiger partial charge in [-0.1, -0.05) is 30.3 Å². The van der Waals surface area contributed by atoms with E-state index in [0.717, 1.165) is 16.8 Å². The highest BCUT2D eigenvalue weighted by Crippen LogP contribution is 2.25. The fourth-order valence-corrected chi connectivity index (χ4v) is 1.79. The standard InChI is InChI=1S/C14H14N2O/c1-16-11-6-4-5-10(9-11)12-7-2-3-8-13(12)14(15)17/h2-9,16H,1H3,(H2,15,17). The number of nitrogens with one attached hydrogen (secondary N) is 1. The van der Waals surface area contributed by atoms with Crippen molar-refractivity contribution >= 4 is 11.6 Å². The Labute approximate surface area is 100 Å². The van der Waals surface area contributed by atoms with Crippen molar-refractivity contribution in [3.05, 3.63) is 54.1 Å². The fraction of sp³-hybridized carbons (Fsp3) is 0.0714. The summed E-state index contributed by atoms with van der Waals surface area (Å²) in [5.74, 6) is -0.407. The molecule has 1 amide bonds. The number of carbonyl (C=O) groups excluding carboxylic acids is 1. The predicted octanol–water partition coefficient (Wildman–Crippen LogP) is 2.49. The Morgan fingerprint density at radius 2 is 1.88 bits per heavy atom. The van der Waals surface area contributed by atoms with Gasteiger partial charge in [0.25, 0.3) is 0 Å². The molecule has 0 unspecified atom stereocenters. The third-order valence-corrected chi connectivity index (χ3v) is 2.65. The Bertz CT molecular complexity index is 549. The van der Waals surface area contributed by atoms with E-state index in [0.29, 0.717) is 5.56 Å². The van der Waals surface area contributed by atoms with Gasteiger partial charge in [-0.15, -0.1) is 0 Å². The molecule has 0 saturated heterocycles. The summed E-state index contributed by atoms with van der Waals surface area (Å²) < 4.78 is 0. The lowest BCUT2D eigenvalue weighted by Crippen LogP contribution is -2.12. The summed E-state index contributed by atoms with van der Waals surface area (Å²) in [6.07, 6.45) is 0. The van der Waals surface area contributed by atoms with Crippen LogP contribution in [0.4, 0.5) is 5.69 Å². The van der Waals surface area contributed by atoms with E-state index in [2.05, 4.69) is 5.32 Å². The van der Waals surface area contributed by atoms with Gasteiger partial charge in [0.05, 0.1) is 0 Å². The zero-order chi connectivity index (χ0) is 12.3. The van der Waals surface area contributed by atoms with Crippen LogP contribution in [-0.2, 0) is 0 Å². The predicted molar refractivity (Wildman–Crippen MR) is 69.9 cm³/mol. The number of nitrogens with two attached hydrogens (primary N) is 1. The van der Waals surface area contributed by atoms with Crippen molar-refractivity contribution in [1.29, 1.82) is 0 Å². The largest absolute Gasteiger partial charge is 0.388 e. The van der Waals surface area contributed by atoms with Crippen LogP contribution in [-0.4, -0.2) is 13.0 Å². The minimum Gasteiger partial charge on any atom is -0.388 e. The van der Waals surface area contributed by atoms with Crippen LogP contribution in [0.3, 0.4) is 0 Å². The van der Waals surface area contributed by atoms with Gasteiger partial charge >= 0.3 is 0 Å². The second-order valence-corrected chi connectivity index (χ2v) is 3.74. The summed E-state index contributed by atoms with van der Waals surface area (Å²) in [5, 5.41) is 3.07. The van der Waals surface area contributed by atoms with E-state index < -0.39 is 5.91 Å². The zero-order valence-corrected chi connectivity index (χ0v) is 9.60. The fourth-order valence-electron chi connectivity index (χ4n) is 1.79. The molecule has 17 heavy (non-hydrogen) atoms. The molecule has 0 atom stereocenters. The summed E-state index contributed by atoms with van der Waals surface area (Å²) >= 11 is 0. The Morgan fingerprint density at radius 3 is 2.59 bits per heavy atom. The summed E-state index contributed by atoms with van der Waals surface area (Å²) in [5.41, 5.74) is 8.75. The minimum atomic E-state index is -0.407. The molecule has 0 heterocycles. The van der Waals surface area contributed by atoms with Crippen LogP contribution >= 0.6 is 0 Å². The average molecular weight is 226 g/mol. The van der Waals surface area contributed by atoms with Gasteiger partial charge in [0, 0.05) is 18.3 Å². The Balaban J connectivity index is 2.56. The molecule has 2 aromatic rings. The van der Waals surface area contributed by atoms with Gasteiger partial charge in [0.1, 0.15) is 0 Å². The number of anilines is 1. The lowest BCUT2D eigenvalue weighted by molar-refractivity contribution is 0.100. The van der Waals surface area contributed by atoms with Crippen LogP contribution < -0.4 is 11.1 Å². The first-order chi connectivity index (χ1) is 8.22. The van der Waals surface area contributed by atoms with Crippen LogP contribution in [0.15, 0.2) is 48.5 Å². The van der Waals surface area contributed by atoms with Gasteiger partial charge in [0.15, 0.2) is 0 Å². The van der Waals surface area contributed by atoms with Crippen LogP contribution in [0.5, 0.6) is 0 Å². The number of carbonyl (C=O) groups is 1. The van der Waals surface area contributed by atoms with Crippen molar-refractivity contribution in [2.75, 3.05) is 12.4 Å². The first-order valence-electron chi connectivity index (χ1n) is 5.39. The van der Waals surface area contributed by atoms with Gasteiger partial charge in [-0.3, -0.25) is 4.79 Å². The second-order valence-electron chi connectivity index (χ2n) is 3.74. The van der Waals surface area contributed by atoms with Crippen LogP contribution in [0.1, 0.15) is 10.4 Å². The molecule has 0 spiro atoms. The number of rotatable bonds is 3. The molecule has 3 N–H and O–H groups in total. The lowest BCUT2D eigenvalue weighted by Gasteiger charge is -2.08.